The minimum atomic E-state index is 0.294. The van der Waals surface area contributed by atoms with Gasteiger partial charge in [-0.2, -0.15) is 0 Å². The summed E-state index contributed by atoms with van der Waals surface area (Å²) in [6, 6.07) is 3.78. The van der Waals surface area contributed by atoms with Crippen molar-refractivity contribution in [2.75, 3.05) is 0 Å². The molecule has 1 rings (SSSR count). The van der Waals surface area contributed by atoms with Crippen LogP contribution in [0.25, 0.3) is 0 Å². The molecule has 0 amide bonds. The summed E-state index contributed by atoms with van der Waals surface area (Å²) in [6.07, 6.45) is 28.1. The Morgan fingerprint density at radius 1 is 0.438 bits per heavy atom. The van der Waals surface area contributed by atoms with E-state index >= 15 is 0 Å². The molecule has 0 atom stereocenters. The van der Waals surface area contributed by atoms with Crippen LogP contribution in [0.2, 0.25) is 0 Å². The van der Waals surface area contributed by atoms with Gasteiger partial charge < -0.3 is 10.2 Å². The van der Waals surface area contributed by atoms with Gasteiger partial charge in [-0.15, -0.1) is 0 Å². The molecule has 0 aromatic heterocycles. The second-order valence-electron chi connectivity index (χ2n) is 9.98. The van der Waals surface area contributed by atoms with Crippen molar-refractivity contribution < 1.29 is 10.2 Å². The highest BCUT2D eigenvalue weighted by molar-refractivity contribution is 5.46. The van der Waals surface area contributed by atoms with Crippen LogP contribution in [-0.2, 0) is 12.8 Å². The van der Waals surface area contributed by atoms with Gasteiger partial charge in [0.25, 0.3) is 0 Å². The van der Waals surface area contributed by atoms with E-state index in [0.29, 0.717) is 11.5 Å². The summed E-state index contributed by atoms with van der Waals surface area (Å²) in [4.78, 5) is 0. The van der Waals surface area contributed by atoms with Crippen LogP contribution in [0.5, 0.6) is 11.5 Å². The Labute approximate surface area is 200 Å². The summed E-state index contributed by atoms with van der Waals surface area (Å²) in [5.41, 5.74) is 1.82. The van der Waals surface area contributed by atoms with Gasteiger partial charge in [-0.05, 0) is 43.4 Å². The molecule has 0 aliphatic carbocycles. The van der Waals surface area contributed by atoms with Gasteiger partial charge in [0.2, 0.25) is 0 Å². The molecule has 0 saturated heterocycles. The predicted molar refractivity (Wildman–Crippen MR) is 141 cm³/mol. The lowest BCUT2D eigenvalue weighted by atomic mass is 9.98. The van der Waals surface area contributed by atoms with Crippen molar-refractivity contribution in [3.63, 3.8) is 0 Å². The van der Waals surface area contributed by atoms with Crippen LogP contribution >= 0.6 is 0 Å². The highest BCUT2D eigenvalue weighted by Gasteiger charge is 2.10. The van der Waals surface area contributed by atoms with E-state index in [9.17, 15) is 10.2 Å². The first-order valence-corrected chi connectivity index (χ1v) is 14.2. The van der Waals surface area contributed by atoms with Gasteiger partial charge in [0.1, 0.15) is 11.5 Å². The molecule has 0 bridgehead atoms. The summed E-state index contributed by atoms with van der Waals surface area (Å²) >= 11 is 0. The van der Waals surface area contributed by atoms with E-state index in [0.717, 1.165) is 36.8 Å². The SMILES string of the molecule is CCCCCCCCCCCCc1cc(O)c(CCCCCCCCCCCC)c(O)c1. The lowest BCUT2D eigenvalue weighted by Gasteiger charge is -2.11. The minimum Gasteiger partial charge on any atom is -0.508 e. The standard InChI is InChI=1S/C30H54O2/c1-3-5-7-9-11-13-15-17-19-21-23-27-25-29(31)28(30(32)26-27)24-22-20-18-16-14-12-10-8-6-4-2/h25-26,31-32H,3-24H2,1-2H3. The van der Waals surface area contributed by atoms with E-state index in [1.54, 1.807) is 0 Å². The van der Waals surface area contributed by atoms with E-state index in [1.807, 2.05) is 12.1 Å². The fraction of sp³-hybridized carbons (Fsp3) is 0.800. The molecule has 1 aromatic carbocycles. The Kier molecular flexibility index (Phi) is 18.4. The Balaban J connectivity index is 2.11. The second kappa shape index (κ2) is 20.4. The molecule has 0 aliphatic rings. The van der Waals surface area contributed by atoms with Crippen LogP contribution in [0.15, 0.2) is 12.1 Å². The topological polar surface area (TPSA) is 40.5 Å². The number of phenolic OH excluding ortho intramolecular Hbond substituents is 2. The van der Waals surface area contributed by atoms with Crippen LogP contribution in [0.4, 0.5) is 0 Å². The first kappa shape index (κ1) is 28.9. The zero-order chi connectivity index (χ0) is 23.3. The van der Waals surface area contributed by atoms with E-state index in [-0.39, 0.29) is 0 Å². The quantitative estimate of drug-likeness (QED) is 0.174. The fourth-order valence-corrected chi connectivity index (χ4v) is 4.70. The molecule has 0 saturated carbocycles. The number of aromatic hydroxyl groups is 2. The number of hydrogen-bond donors (Lipinski definition) is 2. The highest BCUT2D eigenvalue weighted by atomic mass is 16.3. The maximum atomic E-state index is 10.4. The minimum absolute atomic E-state index is 0.294. The van der Waals surface area contributed by atoms with Gasteiger partial charge in [0.05, 0.1) is 0 Å². The van der Waals surface area contributed by atoms with Crippen molar-refractivity contribution in [3.8, 4) is 11.5 Å². The van der Waals surface area contributed by atoms with Gasteiger partial charge >= 0.3 is 0 Å². The molecule has 0 spiro atoms. The van der Waals surface area contributed by atoms with Crippen molar-refractivity contribution in [2.24, 2.45) is 0 Å². The van der Waals surface area contributed by atoms with E-state index in [1.165, 1.54) is 116 Å². The summed E-state index contributed by atoms with van der Waals surface area (Å²) in [5.74, 6) is 0.589. The summed E-state index contributed by atoms with van der Waals surface area (Å²) < 4.78 is 0. The van der Waals surface area contributed by atoms with Crippen molar-refractivity contribution in [2.45, 2.75) is 155 Å². The van der Waals surface area contributed by atoms with E-state index in [4.69, 9.17) is 0 Å². The average molecular weight is 447 g/mol. The lowest BCUT2D eigenvalue weighted by Crippen LogP contribution is -1.93. The molecule has 0 fully saturated rings. The molecule has 2 heteroatoms. The first-order chi connectivity index (χ1) is 15.7. The summed E-state index contributed by atoms with van der Waals surface area (Å²) in [7, 11) is 0. The third-order valence-electron chi connectivity index (χ3n) is 6.86. The van der Waals surface area contributed by atoms with E-state index < -0.39 is 0 Å². The van der Waals surface area contributed by atoms with Crippen LogP contribution in [0, 0.1) is 0 Å². The molecular formula is C30H54O2. The highest BCUT2D eigenvalue weighted by Crippen LogP contribution is 2.31. The molecule has 0 radical (unpaired) electrons. The van der Waals surface area contributed by atoms with Crippen molar-refractivity contribution in [3.05, 3.63) is 23.3 Å². The van der Waals surface area contributed by atoms with Crippen LogP contribution in [0.3, 0.4) is 0 Å². The maximum Gasteiger partial charge on any atom is 0.122 e. The number of unbranched alkanes of at least 4 members (excludes halogenated alkanes) is 18. The zero-order valence-electron chi connectivity index (χ0n) is 21.6. The third-order valence-corrected chi connectivity index (χ3v) is 6.86. The first-order valence-electron chi connectivity index (χ1n) is 14.2. The normalized spacial score (nSPS) is 11.3. The number of rotatable bonds is 22. The second-order valence-corrected chi connectivity index (χ2v) is 9.98. The van der Waals surface area contributed by atoms with Gasteiger partial charge in [-0.1, -0.05) is 129 Å². The zero-order valence-corrected chi connectivity index (χ0v) is 21.6. The summed E-state index contributed by atoms with van der Waals surface area (Å²) in [6.45, 7) is 4.54. The molecule has 0 heterocycles. The Bertz CT molecular complexity index is 529. The number of aryl methyl sites for hydroxylation is 1. The Hall–Kier alpha value is -1.18. The van der Waals surface area contributed by atoms with Crippen molar-refractivity contribution in [1.29, 1.82) is 0 Å². The largest absolute Gasteiger partial charge is 0.508 e. The third kappa shape index (κ3) is 14.8. The molecule has 0 aliphatic heterocycles. The number of benzene rings is 1. The van der Waals surface area contributed by atoms with Gasteiger partial charge in [0, 0.05) is 5.56 Å². The molecule has 186 valence electrons. The lowest BCUT2D eigenvalue weighted by molar-refractivity contribution is 0.434. The molecule has 0 unspecified atom stereocenters. The molecule has 32 heavy (non-hydrogen) atoms. The summed E-state index contributed by atoms with van der Waals surface area (Å²) in [5, 5.41) is 20.8. The maximum absolute atomic E-state index is 10.4. The molecule has 2 nitrogen and oxygen atoms in total. The smallest absolute Gasteiger partial charge is 0.122 e. The molecular weight excluding hydrogens is 392 g/mol. The Morgan fingerprint density at radius 3 is 1.12 bits per heavy atom. The van der Waals surface area contributed by atoms with Crippen LogP contribution in [0.1, 0.15) is 153 Å². The molecule has 2 N–H and O–H groups in total. The van der Waals surface area contributed by atoms with Crippen molar-refractivity contribution >= 4 is 0 Å². The molecule has 1 aromatic rings. The monoisotopic (exact) mass is 446 g/mol. The van der Waals surface area contributed by atoms with Crippen LogP contribution in [-0.4, -0.2) is 10.2 Å². The van der Waals surface area contributed by atoms with E-state index in [2.05, 4.69) is 13.8 Å². The van der Waals surface area contributed by atoms with Gasteiger partial charge in [-0.25, -0.2) is 0 Å². The van der Waals surface area contributed by atoms with Gasteiger partial charge in [0.15, 0.2) is 0 Å². The van der Waals surface area contributed by atoms with Crippen molar-refractivity contribution in [1.82, 2.24) is 0 Å². The van der Waals surface area contributed by atoms with Crippen LogP contribution < -0.4 is 0 Å². The average Bonchev–Trinajstić information content (AvgIpc) is 2.78. The van der Waals surface area contributed by atoms with Gasteiger partial charge in [-0.3, -0.25) is 0 Å². The number of hydrogen-bond acceptors (Lipinski definition) is 2. The Morgan fingerprint density at radius 2 is 0.750 bits per heavy atom. The number of phenols is 2. The predicted octanol–water partition coefficient (Wildman–Crippen LogP) is 10.0. The fourth-order valence-electron chi connectivity index (χ4n) is 4.70.